The van der Waals surface area contributed by atoms with Crippen LogP contribution in [0.2, 0.25) is 0 Å². The molecule has 1 saturated heterocycles. The first-order valence-corrected chi connectivity index (χ1v) is 13.5. The summed E-state index contributed by atoms with van der Waals surface area (Å²) < 4.78 is 27.4. The van der Waals surface area contributed by atoms with Gasteiger partial charge in [-0.05, 0) is 87.7 Å². The number of amides is 1. The molecule has 2 aromatic carbocycles. The second kappa shape index (κ2) is 9.85. The van der Waals surface area contributed by atoms with Crippen LogP contribution in [0.5, 0.6) is 0 Å². The van der Waals surface area contributed by atoms with Crippen LogP contribution in [0, 0.1) is 6.92 Å². The third-order valence-electron chi connectivity index (χ3n) is 5.89. The number of benzene rings is 2. The van der Waals surface area contributed by atoms with E-state index in [-0.39, 0.29) is 16.6 Å². The molecule has 0 radical (unpaired) electrons. The standard InChI is InChI=1S/C25H27N3O4S2/c1-16-14-24(33-18(3)25(30)26-20-8-6-19(7-9-20)17(2)29)27-23-11-10-21(15-22(16)23)34(31,32)28-12-4-5-13-28/h6-11,14-15,18H,4-5,12-13H2,1-3H3,(H,26,30)/t18-/m1/s1. The van der Waals surface area contributed by atoms with Gasteiger partial charge >= 0.3 is 0 Å². The van der Waals surface area contributed by atoms with E-state index in [0.29, 0.717) is 34.9 Å². The van der Waals surface area contributed by atoms with Gasteiger partial charge < -0.3 is 5.32 Å². The molecule has 2 heterocycles. The molecule has 9 heteroatoms. The van der Waals surface area contributed by atoms with Crippen molar-refractivity contribution in [3.8, 4) is 0 Å². The molecule has 4 rings (SSSR count). The average Bonchev–Trinajstić information content (AvgIpc) is 3.35. The van der Waals surface area contributed by atoms with Crippen LogP contribution >= 0.6 is 11.8 Å². The third kappa shape index (κ3) is 5.16. The minimum atomic E-state index is -3.50. The summed E-state index contributed by atoms with van der Waals surface area (Å²) in [4.78, 5) is 29.0. The summed E-state index contributed by atoms with van der Waals surface area (Å²) in [7, 11) is -3.50. The number of pyridine rings is 1. The van der Waals surface area contributed by atoms with Gasteiger partial charge in [-0.2, -0.15) is 4.31 Å². The van der Waals surface area contributed by atoms with Crippen molar-refractivity contribution in [2.24, 2.45) is 0 Å². The number of nitrogens with zero attached hydrogens (tertiary/aromatic N) is 2. The van der Waals surface area contributed by atoms with Crippen LogP contribution in [0.3, 0.4) is 0 Å². The summed E-state index contributed by atoms with van der Waals surface area (Å²) in [5.41, 5.74) is 2.80. The van der Waals surface area contributed by atoms with Crippen molar-refractivity contribution in [2.75, 3.05) is 18.4 Å². The van der Waals surface area contributed by atoms with Gasteiger partial charge in [-0.3, -0.25) is 9.59 Å². The number of hydrogen-bond donors (Lipinski definition) is 1. The van der Waals surface area contributed by atoms with Gasteiger partial charge in [-0.15, -0.1) is 0 Å². The molecule has 0 spiro atoms. The number of aryl methyl sites for hydroxylation is 1. The normalized spacial score (nSPS) is 15.4. The largest absolute Gasteiger partial charge is 0.325 e. The Hall–Kier alpha value is -2.75. The van der Waals surface area contributed by atoms with Crippen LogP contribution in [0.15, 0.2) is 58.5 Å². The maximum absolute atomic E-state index is 12.9. The molecule has 1 aliphatic heterocycles. The van der Waals surface area contributed by atoms with Gasteiger partial charge in [0.25, 0.3) is 0 Å². The fourth-order valence-electron chi connectivity index (χ4n) is 3.91. The van der Waals surface area contributed by atoms with Crippen LogP contribution in [0.1, 0.15) is 42.6 Å². The Kier molecular flexibility index (Phi) is 7.06. The van der Waals surface area contributed by atoms with Gasteiger partial charge in [0.2, 0.25) is 15.9 Å². The second-order valence-electron chi connectivity index (χ2n) is 8.45. The molecule has 1 atom stereocenters. The van der Waals surface area contributed by atoms with E-state index in [0.717, 1.165) is 23.8 Å². The van der Waals surface area contributed by atoms with E-state index in [1.807, 2.05) is 13.0 Å². The summed E-state index contributed by atoms with van der Waals surface area (Å²) in [6, 6.07) is 13.7. The molecule has 1 aromatic heterocycles. The van der Waals surface area contributed by atoms with Crippen LogP contribution < -0.4 is 5.32 Å². The van der Waals surface area contributed by atoms with Crippen molar-refractivity contribution in [1.29, 1.82) is 0 Å². The number of thioether (sulfide) groups is 1. The van der Waals surface area contributed by atoms with Crippen LogP contribution in [0.4, 0.5) is 5.69 Å². The van der Waals surface area contributed by atoms with E-state index in [2.05, 4.69) is 10.3 Å². The average molecular weight is 498 g/mol. The molecule has 0 unspecified atom stereocenters. The first-order chi connectivity index (χ1) is 16.1. The maximum Gasteiger partial charge on any atom is 0.243 e. The number of anilines is 1. The van der Waals surface area contributed by atoms with Gasteiger partial charge in [-0.25, -0.2) is 13.4 Å². The Morgan fingerprint density at radius 3 is 2.38 bits per heavy atom. The predicted octanol–water partition coefficient (Wildman–Crippen LogP) is 4.65. The number of Topliss-reactive ketones (excluding diaryl/α,β-unsaturated/α-hetero) is 1. The lowest BCUT2D eigenvalue weighted by Gasteiger charge is -2.16. The molecule has 1 N–H and O–H groups in total. The Labute approximate surface area is 204 Å². The molecular formula is C25H27N3O4S2. The number of carbonyl (C=O) groups is 2. The van der Waals surface area contributed by atoms with Gasteiger partial charge in [0, 0.05) is 29.7 Å². The molecule has 3 aromatic rings. The maximum atomic E-state index is 12.9. The van der Waals surface area contributed by atoms with Crippen molar-refractivity contribution in [1.82, 2.24) is 9.29 Å². The van der Waals surface area contributed by atoms with Gasteiger partial charge in [0.05, 0.1) is 20.7 Å². The summed E-state index contributed by atoms with van der Waals surface area (Å²) >= 11 is 1.33. The monoisotopic (exact) mass is 497 g/mol. The lowest BCUT2D eigenvalue weighted by Crippen LogP contribution is -2.27. The van der Waals surface area contributed by atoms with Crippen molar-refractivity contribution in [2.45, 2.75) is 48.8 Å². The number of rotatable bonds is 7. The number of hydrogen-bond acceptors (Lipinski definition) is 6. The van der Waals surface area contributed by atoms with E-state index in [9.17, 15) is 18.0 Å². The molecular weight excluding hydrogens is 470 g/mol. The number of nitrogens with one attached hydrogen (secondary N) is 1. The molecule has 0 aliphatic carbocycles. The summed E-state index contributed by atoms with van der Waals surface area (Å²) in [5.74, 6) is -0.201. The van der Waals surface area contributed by atoms with Crippen molar-refractivity contribution < 1.29 is 18.0 Å². The van der Waals surface area contributed by atoms with Crippen molar-refractivity contribution in [3.05, 3.63) is 59.7 Å². The zero-order valence-electron chi connectivity index (χ0n) is 19.4. The number of ketones is 1. The quantitative estimate of drug-likeness (QED) is 0.377. The lowest BCUT2D eigenvalue weighted by molar-refractivity contribution is -0.115. The number of carbonyl (C=O) groups excluding carboxylic acids is 2. The van der Waals surface area contributed by atoms with Crippen LogP contribution in [0.25, 0.3) is 10.9 Å². The molecule has 1 aliphatic rings. The van der Waals surface area contributed by atoms with Crippen molar-refractivity contribution in [3.63, 3.8) is 0 Å². The molecule has 7 nitrogen and oxygen atoms in total. The summed E-state index contributed by atoms with van der Waals surface area (Å²) in [5, 5.41) is 3.92. The Bertz CT molecular complexity index is 1350. The highest BCUT2D eigenvalue weighted by atomic mass is 32.2. The van der Waals surface area contributed by atoms with E-state index >= 15 is 0 Å². The zero-order valence-corrected chi connectivity index (χ0v) is 21.0. The highest BCUT2D eigenvalue weighted by Crippen LogP contribution is 2.30. The third-order valence-corrected chi connectivity index (χ3v) is 8.80. The smallest absolute Gasteiger partial charge is 0.243 e. The van der Waals surface area contributed by atoms with Crippen LogP contribution in [-0.2, 0) is 14.8 Å². The molecule has 1 amide bonds. The Morgan fingerprint density at radius 2 is 1.74 bits per heavy atom. The highest BCUT2D eigenvalue weighted by Gasteiger charge is 2.27. The fourth-order valence-corrected chi connectivity index (χ4v) is 6.38. The van der Waals surface area contributed by atoms with E-state index in [1.165, 1.54) is 23.0 Å². The van der Waals surface area contributed by atoms with Gasteiger partial charge in [-0.1, -0.05) is 11.8 Å². The lowest BCUT2D eigenvalue weighted by atomic mass is 10.1. The van der Waals surface area contributed by atoms with Gasteiger partial charge in [0.1, 0.15) is 0 Å². The molecule has 178 valence electrons. The SMILES string of the molecule is CC(=O)c1ccc(NC(=O)[C@@H](C)Sc2cc(C)c3cc(S(=O)(=O)N4CCCC4)ccc3n2)cc1. The zero-order chi connectivity index (χ0) is 24.5. The Morgan fingerprint density at radius 1 is 1.06 bits per heavy atom. The summed E-state index contributed by atoms with van der Waals surface area (Å²) in [6.45, 7) is 6.35. The number of sulfonamides is 1. The van der Waals surface area contributed by atoms with E-state index < -0.39 is 15.3 Å². The topological polar surface area (TPSA) is 96.4 Å². The first-order valence-electron chi connectivity index (χ1n) is 11.2. The predicted molar refractivity (Wildman–Crippen MR) is 135 cm³/mol. The van der Waals surface area contributed by atoms with Crippen LogP contribution in [-0.4, -0.2) is 47.7 Å². The number of fused-ring (bicyclic) bond motifs is 1. The first kappa shape index (κ1) is 24.4. The van der Waals surface area contributed by atoms with Crippen molar-refractivity contribution >= 4 is 50.1 Å². The molecule has 0 saturated carbocycles. The fraction of sp³-hybridized carbons (Fsp3) is 0.320. The second-order valence-corrected chi connectivity index (χ2v) is 11.7. The molecule has 1 fully saturated rings. The number of aromatic nitrogens is 1. The van der Waals surface area contributed by atoms with Gasteiger partial charge in [0.15, 0.2) is 5.78 Å². The summed E-state index contributed by atoms with van der Waals surface area (Å²) in [6.07, 6.45) is 1.78. The minimum Gasteiger partial charge on any atom is -0.325 e. The highest BCUT2D eigenvalue weighted by molar-refractivity contribution is 8.00. The van der Waals surface area contributed by atoms with E-state index in [4.69, 9.17) is 0 Å². The minimum absolute atomic E-state index is 0.0275. The van der Waals surface area contributed by atoms with E-state index in [1.54, 1.807) is 49.4 Å². The molecule has 0 bridgehead atoms. The molecule has 34 heavy (non-hydrogen) atoms. The Balaban J connectivity index is 1.49.